The van der Waals surface area contributed by atoms with E-state index in [2.05, 4.69) is 10.4 Å². The molecule has 1 aromatic carbocycles. The third-order valence-corrected chi connectivity index (χ3v) is 7.28. The highest BCUT2D eigenvalue weighted by atomic mass is 16.2. The monoisotopic (exact) mass is 463 g/mol. The van der Waals surface area contributed by atoms with Gasteiger partial charge in [-0.25, -0.2) is 0 Å². The lowest BCUT2D eigenvalue weighted by Crippen LogP contribution is -2.46. The van der Waals surface area contributed by atoms with Gasteiger partial charge in [-0.1, -0.05) is 29.8 Å². The first-order valence-corrected chi connectivity index (χ1v) is 12.4. The minimum atomic E-state index is -0.162. The van der Waals surface area contributed by atoms with Crippen LogP contribution in [0.1, 0.15) is 58.6 Å². The van der Waals surface area contributed by atoms with Gasteiger partial charge >= 0.3 is 0 Å². The number of hydrogen-bond donors (Lipinski definition) is 1. The predicted octanol–water partition coefficient (Wildman–Crippen LogP) is 1.99. The van der Waals surface area contributed by atoms with Crippen molar-refractivity contribution in [2.75, 3.05) is 19.6 Å². The fraction of sp³-hybridized carbons (Fsp3) is 0.538. The summed E-state index contributed by atoms with van der Waals surface area (Å²) in [5.41, 5.74) is 4.45. The van der Waals surface area contributed by atoms with Gasteiger partial charge in [0.25, 0.3) is 5.91 Å². The van der Waals surface area contributed by atoms with E-state index in [1.54, 1.807) is 9.58 Å². The van der Waals surface area contributed by atoms with Crippen molar-refractivity contribution in [3.8, 4) is 0 Å². The molecule has 2 fully saturated rings. The Morgan fingerprint density at radius 1 is 1.06 bits per heavy atom. The van der Waals surface area contributed by atoms with Crippen LogP contribution in [0.3, 0.4) is 0 Å². The summed E-state index contributed by atoms with van der Waals surface area (Å²) in [6.07, 6.45) is 4.76. The summed E-state index contributed by atoms with van der Waals surface area (Å²) in [5.74, 6) is -0.165. The van der Waals surface area contributed by atoms with Gasteiger partial charge in [0.05, 0.1) is 12.3 Å². The number of carbonyl (C=O) groups is 3. The highest BCUT2D eigenvalue weighted by Crippen LogP contribution is 2.27. The van der Waals surface area contributed by atoms with E-state index in [4.69, 9.17) is 0 Å². The van der Waals surface area contributed by atoms with E-state index >= 15 is 0 Å². The fourth-order valence-electron chi connectivity index (χ4n) is 5.04. The smallest absolute Gasteiger partial charge is 0.274 e. The van der Waals surface area contributed by atoms with Crippen molar-refractivity contribution in [3.05, 3.63) is 52.3 Å². The Labute approximate surface area is 200 Å². The second kappa shape index (κ2) is 9.24. The van der Waals surface area contributed by atoms with Gasteiger partial charge in [0, 0.05) is 56.9 Å². The van der Waals surface area contributed by atoms with Crippen molar-refractivity contribution >= 4 is 17.7 Å². The number of benzene rings is 1. The summed E-state index contributed by atoms with van der Waals surface area (Å²) in [6.45, 7) is 4.11. The minimum absolute atomic E-state index is 0.0616. The Morgan fingerprint density at radius 3 is 2.56 bits per heavy atom. The topological polar surface area (TPSA) is 87.5 Å². The van der Waals surface area contributed by atoms with Gasteiger partial charge in [0.1, 0.15) is 0 Å². The number of fused-ring (bicyclic) bond motifs is 1. The molecule has 1 aliphatic carbocycles. The predicted molar refractivity (Wildman–Crippen MR) is 127 cm³/mol. The lowest BCUT2D eigenvalue weighted by Gasteiger charge is -2.32. The number of rotatable bonds is 5. The molecule has 1 saturated heterocycles. The Bertz CT molecular complexity index is 1100. The number of aromatic nitrogens is 2. The van der Waals surface area contributed by atoms with Crippen LogP contribution < -0.4 is 5.32 Å². The maximum absolute atomic E-state index is 13.5. The van der Waals surface area contributed by atoms with Crippen LogP contribution >= 0.6 is 0 Å². The molecule has 5 rings (SSSR count). The van der Waals surface area contributed by atoms with E-state index in [0.717, 1.165) is 42.5 Å². The van der Waals surface area contributed by atoms with Gasteiger partial charge < -0.3 is 15.1 Å². The maximum Gasteiger partial charge on any atom is 0.274 e. The Balaban J connectivity index is 1.28. The highest BCUT2D eigenvalue weighted by molar-refractivity contribution is 5.95. The highest BCUT2D eigenvalue weighted by Gasteiger charge is 2.35. The van der Waals surface area contributed by atoms with Crippen molar-refractivity contribution in [2.45, 2.75) is 58.0 Å². The first-order valence-electron chi connectivity index (χ1n) is 12.4. The second-order valence-corrected chi connectivity index (χ2v) is 10.00. The number of amides is 3. The zero-order chi connectivity index (χ0) is 23.8. The zero-order valence-electron chi connectivity index (χ0n) is 20.0. The first-order chi connectivity index (χ1) is 16.4. The van der Waals surface area contributed by atoms with Crippen LogP contribution in [0.15, 0.2) is 24.3 Å². The molecule has 3 heterocycles. The number of nitrogens with one attached hydrogen (secondary N) is 1. The molecule has 2 aromatic rings. The van der Waals surface area contributed by atoms with Gasteiger partial charge in [-0.3, -0.25) is 19.1 Å². The summed E-state index contributed by atoms with van der Waals surface area (Å²) >= 11 is 0. The van der Waals surface area contributed by atoms with Gasteiger partial charge in [-0.15, -0.1) is 0 Å². The van der Waals surface area contributed by atoms with Gasteiger partial charge in [0.15, 0.2) is 5.69 Å². The lowest BCUT2D eigenvalue weighted by atomic mass is 9.96. The van der Waals surface area contributed by atoms with Crippen LogP contribution in [-0.2, 0) is 36.0 Å². The molecular weight excluding hydrogens is 430 g/mol. The Hall–Kier alpha value is -3.16. The van der Waals surface area contributed by atoms with Gasteiger partial charge in [-0.05, 0) is 38.2 Å². The second-order valence-electron chi connectivity index (χ2n) is 10.00. The van der Waals surface area contributed by atoms with Crippen molar-refractivity contribution in [1.82, 2.24) is 24.9 Å². The Kier molecular flexibility index (Phi) is 6.15. The number of aryl methyl sites for hydroxylation is 2. The van der Waals surface area contributed by atoms with Gasteiger partial charge in [-0.2, -0.15) is 5.10 Å². The van der Waals surface area contributed by atoms with Crippen LogP contribution in [0, 0.1) is 12.8 Å². The largest absolute Gasteiger partial charge is 0.353 e. The molecule has 1 saturated carbocycles. The molecule has 8 heteroatoms. The molecule has 2 aliphatic heterocycles. The number of piperidine rings is 1. The number of carbonyl (C=O) groups excluding carboxylic acids is 3. The fourth-order valence-corrected chi connectivity index (χ4v) is 5.04. The maximum atomic E-state index is 13.5. The number of likely N-dealkylation sites (tertiary alicyclic amines) is 1. The molecular formula is C26H33N5O3. The van der Waals surface area contributed by atoms with Crippen LogP contribution in [0.5, 0.6) is 0 Å². The normalized spacial score (nSPS) is 20.1. The molecule has 3 amide bonds. The molecule has 0 bridgehead atoms. The van der Waals surface area contributed by atoms with Crippen molar-refractivity contribution in [2.24, 2.45) is 13.0 Å². The van der Waals surface area contributed by atoms with E-state index < -0.39 is 0 Å². The molecule has 0 spiro atoms. The van der Waals surface area contributed by atoms with Crippen molar-refractivity contribution < 1.29 is 14.4 Å². The van der Waals surface area contributed by atoms with E-state index in [9.17, 15) is 14.4 Å². The van der Waals surface area contributed by atoms with Crippen molar-refractivity contribution in [1.29, 1.82) is 0 Å². The van der Waals surface area contributed by atoms with E-state index in [1.165, 1.54) is 5.56 Å². The molecule has 1 aromatic heterocycles. The molecule has 180 valence electrons. The van der Waals surface area contributed by atoms with Crippen LogP contribution in [0.2, 0.25) is 0 Å². The van der Waals surface area contributed by atoms with E-state index in [1.807, 2.05) is 43.1 Å². The van der Waals surface area contributed by atoms with E-state index in [0.29, 0.717) is 50.8 Å². The summed E-state index contributed by atoms with van der Waals surface area (Å²) in [7, 11) is 1.86. The van der Waals surface area contributed by atoms with Crippen molar-refractivity contribution in [3.63, 3.8) is 0 Å². The summed E-state index contributed by atoms with van der Waals surface area (Å²) in [4.78, 5) is 42.7. The molecule has 1 atom stereocenters. The quantitative estimate of drug-likeness (QED) is 0.735. The van der Waals surface area contributed by atoms with Gasteiger partial charge in [0.2, 0.25) is 11.8 Å². The summed E-state index contributed by atoms with van der Waals surface area (Å²) in [5, 5.41) is 7.65. The number of hydrogen-bond acceptors (Lipinski definition) is 4. The average molecular weight is 464 g/mol. The molecule has 0 radical (unpaired) electrons. The zero-order valence-corrected chi connectivity index (χ0v) is 20.0. The van der Waals surface area contributed by atoms with Crippen LogP contribution in [0.25, 0.3) is 0 Å². The van der Waals surface area contributed by atoms with Crippen LogP contribution in [-0.4, -0.2) is 63.0 Å². The molecule has 1 N–H and O–H groups in total. The SMILES string of the molecule is Cc1ccc(CC(=O)N2CCc3c(c(C(=O)N4CCC[C@H](C(=O)NC5CC5)C4)nn3C)C2)cc1. The third kappa shape index (κ3) is 4.72. The summed E-state index contributed by atoms with van der Waals surface area (Å²) in [6, 6.07) is 8.35. The molecule has 0 unspecified atom stereocenters. The minimum Gasteiger partial charge on any atom is -0.353 e. The first kappa shape index (κ1) is 22.6. The lowest BCUT2D eigenvalue weighted by molar-refractivity contribution is -0.131. The molecule has 34 heavy (non-hydrogen) atoms. The van der Waals surface area contributed by atoms with E-state index in [-0.39, 0.29) is 23.6 Å². The standard InChI is InChI=1S/C26H33N5O3/c1-17-5-7-18(8-6-17)14-23(32)30-13-11-22-21(16-30)24(28-29(22)2)26(34)31-12-3-4-19(15-31)25(33)27-20-9-10-20/h5-8,19-20H,3-4,9-16H2,1-2H3,(H,27,33)/t19-/m0/s1. The third-order valence-electron chi connectivity index (χ3n) is 7.28. The molecule has 3 aliphatic rings. The molecule has 8 nitrogen and oxygen atoms in total. The summed E-state index contributed by atoms with van der Waals surface area (Å²) < 4.78 is 1.78. The van der Waals surface area contributed by atoms with Crippen LogP contribution in [0.4, 0.5) is 0 Å². The Morgan fingerprint density at radius 2 is 1.82 bits per heavy atom. The number of nitrogens with zero attached hydrogens (tertiary/aromatic N) is 4. The average Bonchev–Trinajstić information content (AvgIpc) is 3.60.